The summed E-state index contributed by atoms with van der Waals surface area (Å²) < 4.78 is 0. The molecule has 0 aliphatic heterocycles. The third kappa shape index (κ3) is 2.56. The van der Waals surface area contributed by atoms with Crippen LogP contribution < -0.4 is 4.90 Å². The average Bonchev–Trinajstić information content (AvgIpc) is 2.52. The van der Waals surface area contributed by atoms with Crippen molar-refractivity contribution >= 4 is 22.4 Å². The van der Waals surface area contributed by atoms with Crippen LogP contribution >= 0.6 is 11.3 Å². The van der Waals surface area contributed by atoms with Gasteiger partial charge in [-0.1, -0.05) is 0 Å². The summed E-state index contributed by atoms with van der Waals surface area (Å²) in [6.45, 7) is 1.50. The Balaban J connectivity index is 2.88. The lowest BCUT2D eigenvalue weighted by atomic mass is 10.4. The molecule has 0 N–H and O–H groups in total. The van der Waals surface area contributed by atoms with Crippen molar-refractivity contribution in [1.82, 2.24) is 0 Å². The number of nitrogens with zero attached hydrogens (tertiary/aromatic N) is 2. The maximum Gasteiger partial charge on any atom is 0.244 e. The van der Waals surface area contributed by atoms with Crippen molar-refractivity contribution < 1.29 is 4.92 Å². The van der Waals surface area contributed by atoms with Gasteiger partial charge < -0.3 is 4.90 Å². The Hall–Kier alpha value is -1.36. The van der Waals surface area contributed by atoms with Crippen LogP contribution in [0, 0.1) is 10.1 Å². The van der Waals surface area contributed by atoms with E-state index in [1.165, 1.54) is 18.3 Å². The zero-order valence-corrected chi connectivity index (χ0v) is 9.17. The second-order valence-corrected chi connectivity index (χ2v) is 4.21. The number of anilines is 1. The lowest BCUT2D eigenvalue weighted by molar-refractivity contribution is -0.422. The van der Waals surface area contributed by atoms with Crippen LogP contribution in [0.25, 0.3) is 6.08 Å². The van der Waals surface area contributed by atoms with Crippen molar-refractivity contribution in [3.63, 3.8) is 0 Å². The molecule has 1 aromatic heterocycles. The molecule has 0 amide bonds. The second-order valence-electron chi connectivity index (χ2n) is 3.11. The van der Waals surface area contributed by atoms with Crippen molar-refractivity contribution in [1.29, 1.82) is 0 Å². The molecule has 76 valence electrons. The molecule has 1 aromatic rings. The molecule has 0 aliphatic rings. The lowest BCUT2D eigenvalue weighted by Gasteiger charge is -2.06. The highest BCUT2D eigenvalue weighted by atomic mass is 32.1. The molecule has 0 spiro atoms. The first-order valence-electron chi connectivity index (χ1n) is 4.10. The van der Waals surface area contributed by atoms with Gasteiger partial charge in [0.25, 0.3) is 0 Å². The fraction of sp³-hybridized carbons (Fsp3) is 0.333. The summed E-state index contributed by atoms with van der Waals surface area (Å²) in [5.74, 6) is 0. The van der Waals surface area contributed by atoms with E-state index < -0.39 is 0 Å². The van der Waals surface area contributed by atoms with Crippen LogP contribution in [-0.2, 0) is 0 Å². The molecular weight excluding hydrogens is 200 g/mol. The van der Waals surface area contributed by atoms with Crippen molar-refractivity contribution in [3.8, 4) is 0 Å². The summed E-state index contributed by atoms with van der Waals surface area (Å²) in [5.41, 5.74) is 0.164. The van der Waals surface area contributed by atoms with Crippen LogP contribution in [-0.4, -0.2) is 19.0 Å². The minimum Gasteiger partial charge on any atom is -0.370 e. The Morgan fingerprint density at radius 1 is 1.57 bits per heavy atom. The van der Waals surface area contributed by atoms with E-state index in [4.69, 9.17) is 0 Å². The summed E-state index contributed by atoms with van der Waals surface area (Å²) in [7, 11) is 3.89. The Morgan fingerprint density at radius 3 is 2.64 bits per heavy atom. The van der Waals surface area contributed by atoms with Crippen molar-refractivity contribution in [3.05, 3.63) is 32.8 Å². The SMILES string of the molecule is CC(=Cc1ccc(N(C)C)s1)[N+](=O)[O-]. The molecule has 0 unspecified atom stereocenters. The van der Waals surface area contributed by atoms with E-state index in [2.05, 4.69) is 0 Å². The summed E-state index contributed by atoms with van der Waals surface area (Å²) in [5, 5.41) is 11.5. The Morgan fingerprint density at radius 2 is 2.21 bits per heavy atom. The van der Waals surface area contributed by atoms with E-state index in [0.717, 1.165) is 9.88 Å². The normalized spacial score (nSPS) is 11.5. The Bertz CT molecular complexity index is 369. The topological polar surface area (TPSA) is 46.4 Å². The predicted octanol–water partition coefficient (Wildman–Crippen LogP) is 2.45. The fourth-order valence-corrected chi connectivity index (χ4v) is 1.84. The van der Waals surface area contributed by atoms with Gasteiger partial charge in [-0.3, -0.25) is 10.1 Å². The van der Waals surface area contributed by atoms with Crippen LogP contribution in [0.15, 0.2) is 17.8 Å². The molecule has 0 saturated carbocycles. The van der Waals surface area contributed by atoms with Gasteiger partial charge in [-0.15, -0.1) is 11.3 Å². The first-order chi connectivity index (χ1) is 6.50. The van der Waals surface area contributed by atoms with Gasteiger partial charge in [0.1, 0.15) is 0 Å². The lowest BCUT2D eigenvalue weighted by Crippen LogP contribution is -2.05. The highest BCUT2D eigenvalue weighted by Gasteiger charge is 2.04. The summed E-state index contributed by atoms with van der Waals surface area (Å²) in [6.07, 6.45) is 1.58. The van der Waals surface area contributed by atoms with Crippen molar-refractivity contribution in [2.45, 2.75) is 6.92 Å². The molecule has 0 atom stereocenters. The van der Waals surface area contributed by atoms with Gasteiger partial charge in [-0.05, 0) is 12.1 Å². The first kappa shape index (κ1) is 10.7. The molecule has 5 heteroatoms. The van der Waals surface area contributed by atoms with Gasteiger partial charge in [0.2, 0.25) is 5.70 Å². The second kappa shape index (κ2) is 4.23. The van der Waals surface area contributed by atoms with Crippen LogP contribution in [0.1, 0.15) is 11.8 Å². The van der Waals surface area contributed by atoms with E-state index in [9.17, 15) is 10.1 Å². The number of allylic oxidation sites excluding steroid dienone is 1. The quantitative estimate of drug-likeness (QED) is 0.571. The van der Waals surface area contributed by atoms with Gasteiger partial charge in [0.05, 0.1) is 9.92 Å². The highest BCUT2D eigenvalue weighted by molar-refractivity contribution is 7.16. The molecule has 0 aliphatic carbocycles. The van der Waals surface area contributed by atoms with Crippen LogP contribution in [0.2, 0.25) is 0 Å². The largest absolute Gasteiger partial charge is 0.370 e. The van der Waals surface area contributed by atoms with Crippen LogP contribution in [0.4, 0.5) is 5.00 Å². The van der Waals surface area contributed by atoms with Gasteiger partial charge in [0, 0.05) is 32.0 Å². The van der Waals surface area contributed by atoms with Gasteiger partial charge in [0.15, 0.2) is 0 Å². The zero-order valence-electron chi connectivity index (χ0n) is 8.35. The zero-order chi connectivity index (χ0) is 10.7. The molecular formula is C9H12N2O2S. The van der Waals surface area contributed by atoms with E-state index in [-0.39, 0.29) is 10.6 Å². The van der Waals surface area contributed by atoms with E-state index in [1.54, 1.807) is 6.08 Å². The van der Waals surface area contributed by atoms with E-state index in [1.807, 2.05) is 31.1 Å². The van der Waals surface area contributed by atoms with Crippen LogP contribution in [0.3, 0.4) is 0 Å². The Kier molecular flexibility index (Phi) is 3.24. The maximum absolute atomic E-state index is 10.4. The molecule has 0 radical (unpaired) electrons. The number of nitro groups is 1. The van der Waals surface area contributed by atoms with Crippen LogP contribution in [0.5, 0.6) is 0 Å². The minimum atomic E-state index is -0.380. The highest BCUT2D eigenvalue weighted by Crippen LogP contribution is 2.25. The molecule has 0 saturated heterocycles. The van der Waals surface area contributed by atoms with Gasteiger partial charge in [-0.2, -0.15) is 0 Å². The molecule has 0 fully saturated rings. The van der Waals surface area contributed by atoms with E-state index >= 15 is 0 Å². The molecule has 1 heterocycles. The number of hydrogen-bond donors (Lipinski definition) is 0. The minimum absolute atomic E-state index is 0.164. The first-order valence-corrected chi connectivity index (χ1v) is 4.92. The number of hydrogen-bond acceptors (Lipinski definition) is 4. The fourth-order valence-electron chi connectivity index (χ4n) is 0.919. The summed E-state index contributed by atoms with van der Waals surface area (Å²) >= 11 is 1.53. The molecule has 14 heavy (non-hydrogen) atoms. The summed E-state index contributed by atoms with van der Waals surface area (Å²) in [6, 6.07) is 3.83. The molecule has 1 rings (SSSR count). The van der Waals surface area contributed by atoms with Gasteiger partial charge >= 0.3 is 0 Å². The van der Waals surface area contributed by atoms with Crippen molar-refractivity contribution in [2.75, 3.05) is 19.0 Å². The molecule has 0 bridgehead atoms. The molecule has 0 aromatic carbocycles. The monoisotopic (exact) mass is 212 g/mol. The standard InChI is InChI=1S/C9H12N2O2S/c1-7(11(12)13)6-8-4-5-9(14-8)10(2)3/h4-6H,1-3H3. The number of rotatable bonds is 3. The predicted molar refractivity (Wildman–Crippen MR) is 59.3 cm³/mol. The van der Waals surface area contributed by atoms with Gasteiger partial charge in [-0.25, -0.2) is 0 Å². The third-order valence-electron chi connectivity index (χ3n) is 1.69. The molecule has 4 nitrogen and oxygen atoms in total. The average molecular weight is 212 g/mol. The number of thiophene rings is 1. The third-order valence-corrected chi connectivity index (χ3v) is 2.89. The van der Waals surface area contributed by atoms with Crippen molar-refractivity contribution in [2.24, 2.45) is 0 Å². The maximum atomic E-state index is 10.4. The Labute approximate surface area is 86.6 Å². The summed E-state index contributed by atoms with van der Waals surface area (Å²) in [4.78, 5) is 12.9. The van der Waals surface area contributed by atoms with E-state index in [0.29, 0.717) is 0 Å². The smallest absolute Gasteiger partial charge is 0.244 e.